The largest absolute Gasteiger partial charge is 0.454 e. The number of fused-ring (bicyclic) bond motifs is 1. The summed E-state index contributed by atoms with van der Waals surface area (Å²) in [5.41, 5.74) is 1.85. The van der Waals surface area contributed by atoms with E-state index in [0.717, 1.165) is 46.7 Å². The van der Waals surface area contributed by atoms with Gasteiger partial charge in [0.15, 0.2) is 30.6 Å². The molecule has 66 heavy (non-hydrogen) atoms. The predicted molar refractivity (Wildman–Crippen MR) is 246 cm³/mol. The molecule has 6 rings (SSSR count). The molecule has 0 aliphatic rings. The number of ether oxygens (including phenoxy) is 2. The van der Waals surface area contributed by atoms with Gasteiger partial charge in [-0.05, 0) is 115 Å². The van der Waals surface area contributed by atoms with Gasteiger partial charge in [-0.25, -0.2) is 9.59 Å². The van der Waals surface area contributed by atoms with Gasteiger partial charge in [-0.2, -0.15) is 0 Å². The van der Waals surface area contributed by atoms with E-state index in [0.29, 0.717) is 16.9 Å². The van der Waals surface area contributed by atoms with Gasteiger partial charge in [0, 0.05) is 46.4 Å². The van der Waals surface area contributed by atoms with Crippen LogP contribution in [-0.4, -0.2) is 73.2 Å². The molecule has 0 aromatic heterocycles. The summed E-state index contributed by atoms with van der Waals surface area (Å²) in [5, 5.41) is 12.4. The number of benzene rings is 6. The second-order valence-corrected chi connectivity index (χ2v) is 14.5. The van der Waals surface area contributed by atoms with Crippen molar-refractivity contribution in [2.75, 3.05) is 36.2 Å². The second-order valence-electron chi connectivity index (χ2n) is 14.5. The molecule has 15 nitrogen and oxygen atoms in total. The van der Waals surface area contributed by atoms with E-state index in [-0.39, 0.29) is 50.5 Å². The highest BCUT2D eigenvalue weighted by atomic mass is 16.5. The van der Waals surface area contributed by atoms with Gasteiger partial charge >= 0.3 is 11.9 Å². The maximum Gasteiger partial charge on any atom is 0.339 e. The molecular weight excluding hydrogens is 845 g/mol. The Hall–Kier alpha value is -9.11. The zero-order valence-electron chi connectivity index (χ0n) is 35.5. The maximum atomic E-state index is 13.9. The Morgan fingerprint density at radius 2 is 0.848 bits per heavy atom. The summed E-state index contributed by atoms with van der Waals surface area (Å²) < 4.78 is 10.1. The van der Waals surface area contributed by atoms with Gasteiger partial charge < -0.3 is 30.7 Å². The van der Waals surface area contributed by atoms with E-state index >= 15 is 0 Å². The first-order chi connectivity index (χ1) is 31.7. The highest BCUT2D eigenvalue weighted by Crippen LogP contribution is 2.25. The lowest BCUT2D eigenvalue weighted by atomic mass is 9.95. The summed E-state index contributed by atoms with van der Waals surface area (Å²) in [5.74, 6) is -6.25. The number of hydrogen-bond donors (Lipinski definition) is 4. The second kappa shape index (κ2) is 20.8. The van der Waals surface area contributed by atoms with Crippen LogP contribution in [0.1, 0.15) is 83.6 Å². The van der Waals surface area contributed by atoms with Crippen LogP contribution in [0.4, 0.5) is 17.1 Å². The van der Waals surface area contributed by atoms with E-state index < -0.39 is 60.2 Å². The third-order valence-corrected chi connectivity index (χ3v) is 9.94. The van der Waals surface area contributed by atoms with Crippen LogP contribution in [0.25, 0.3) is 10.8 Å². The summed E-state index contributed by atoms with van der Waals surface area (Å²) >= 11 is 0. The summed E-state index contributed by atoms with van der Waals surface area (Å²) in [6.07, 6.45) is 1.93. The van der Waals surface area contributed by atoms with Gasteiger partial charge in [-0.1, -0.05) is 55.1 Å². The van der Waals surface area contributed by atoms with E-state index in [1.807, 2.05) is 37.3 Å². The smallest absolute Gasteiger partial charge is 0.339 e. The first kappa shape index (κ1) is 46.4. The van der Waals surface area contributed by atoms with Crippen molar-refractivity contribution in [3.63, 3.8) is 0 Å². The van der Waals surface area contributed by atoms with Crippen molar-refractivity contribution >= 4 is 80.8 Å². The highest BCUT2D eigenvalue weighted by Gasteiger charge is 2.25. The van der Waals surface area contributed by atoms with E-state index in [4.69, 9.17) is 9.47 Å². The van der Waals surface area contributed by atoms with E-state index in [1.54, 1.807) is 30.3 Å². The molecule has 6 aromatic carbocycles. The first-order valence-electron chi connectivity index (χ1n) is 20.0. The summed E-state index contributed by atoms with van der Waals surface area (Å²) in [6, 6.07) is 30.9. The van der Waals surface area contributed by atoms with Crippen molar-refractivity contribution in [2.45, 2.75) is 6.92 Å². The highest BCUT2D eigenvalue weighted by molar-refractivity contribution is 6.16. The minimum Gasteiger partial charge on any atom is -0.454 e. The van der Waals surface area contributed by atoms with Gasteiger partial charge in [-0.15, -0.1) is 0 Å². The molecule has 0 unspecified atom stereocenters. The lowest BCUT2D eigenvalue weighted by Crippen LogP contribution is -2.23. The Bertz CT molecular complexity index is 2990. The Labute approximate surface area is 377 Å². The number of amides is 4. The number of carbonyl (C=O) groups excluding carboxylic acids is 9. The Kier molecular flexibility index (Phi) is 14.6. The standard InChI is InChI=1S/C51H40N4O11/c1-5-39(56)27-65-50(63)41-21-15-34(25-43(41)48(61)52-4)45(58)35-16-22-42(51(64)66-28-40(57)6-2)44(26-35)49(62)53-36-17-11-31(12-18-36)47(60)55-38-20-14-32-23-37(19-13-33(32)24-38)54-46(59)30-9-7-29(3)8-10-30/h5-26H,1-2,27-28H2,3-4H3,(H,52,61)(H,53,62)(H,54,59)(H,55,60). The molecule has 0 fully saturated rings. The van der Waals surface area contributed by atoms with Crippen LogP contribution in [0, 0.1) is 6.92 Å². The molecule has 0 saturated carbocycles. The molecule has 6 aromatic rings. The van der Waals surface area contributed by atoms with Gasteiger partial charge in [-0.3, -0.25) is 33.6 Å². The van der Waals surface area contributed by atoms with E-state index in [1.165, 1.54) is 49.5 Å². The Morgan fingerprint density at radius 1 is 0.455 bits per heavy atom. The lowest BCUT2D eigenvalue weighted by molar-refractivity contribution is -0.118. The van der Waals surface area contributed by atoms with E-state index in [2.05, 4.69) is 34.4 Å². The van der Waals surface area contributed by atoms with Crippen LogP contribution in [0.15, 0.2) is 147 Å². The zero-order chi connectivity index (χ0) is 47.5. The van der Waals surface area contributed by atoms with E-state index in [9.17, 15) is 43.2 Å². The molecule has 0 radical (unpaired) electrons. The average Bonchev–Trinajstić information content (AvgIpc) is 3.34. The number of ketones is 3. The van der Waals surface area contributed by atoms with Crippen molar-refractivity contribution in [2.24, 2.45) is 0 Å². The SMILES string of the molecule is C=CC(=O)COC(=O)c1ccc(C(=O)c2ccc(C(=O)OCC(=O)C=C)c(C(=O)Nc3ccc(C(=O)Nc4ccc5cc(NC(=O)c6ccc(C)cc6)ccc5c4)cc3)c2)cc1C(=O)NC. The van der Waals surface area contributed by atoms with Crippen molar-refractivity contribution in [3.05, 3.63) is 197 Å². The molecule has 0 bridgehead atoms. The molecule has 0 heterocycles. The molecule has 4 amide bonds. The maximum absolute atomic E-state index is 13.9. The minimum atomic E-state index is -1.06. The normalized spacial score (nSPS) is 10.5. The number of hydrogen-bond acceptors (Lipinski definition) is 11. The Morgan fingerprint density at radius 3 is 1.29 bits per heavy atom. The van der Waals surface area contributed by atoms with Crippen molar-refractivity contribution in [1.29, 1.82) is 0 Å². The number of aryl methyl sites for hydroxylation is 1. The number of nitrogens with one attached hydrogen (secondary N) is 4. The fraction of sp³-hybridized carbons (Fsp3) is 0.0784. The number of carbonyl (C=O) groups is 9. The number of rotatable bonds is 17. The van der Waals surface area contributed by atoms with Crippen LogP contribution in [0.3, 0.4) is 0 Å². The molecule has 0 saturated heterocycles. The zero-order valence-corrected chi connectivity index (χ0v) is 35.5. The molecular formula is C51H40N4O11. The lowest BCUT2D eigenvalue weighted by Gasteiger charge is -2.13. The Balaban J connectivity index is 1.18. The number of anilines is 3. The third kappa shape index (κ3) is 11.3. The van der Waals surface area contributed by atoms with Gasteiger partial charge in [0.1, 0.15) is 0 Å². The fourth-order valence-electron chi connectivity index (χ4n) is 6.37. The summed E-state index contributed by atoms with van der Waals surface area (Å²) in [7, 11) is 1.31. The van der Waals surface area contributed by atoms with Crippen molar-refractivity contribution < 1.29 is 52.6 Å². The molecule has 0 spiro atoms. The summed E-state index contributed by atoms with van der Waals surface area (Å²) in [4.78, 5) is 116. The van der Waals surface area contributed by atoms with Crippen LogP contribution in [0.2, 0.25) is 0 Å². The molecule has 4 N–H and O–H groups in total. The van der Waals surface area contributed by atoms with Gasteiger partial charge in [0.05, 0.1) is 22.3 Å². The van der Waals surface area contributed by atoms with Gasteiger partial charge in [0.25, 0.3) is 23.6 Å². The van der Waals surface area contributed by atoms with Gasteiger partial charge in [0.2, 0.25) is 0 Å². The molecule has 15 heteroatoms. The van der Waals surface area contributed by atoms with Crippen LogP contribution in [0.5, 0.6) is 0 Å². The minimum absolute atomic E-state index is 0.0863. The number of esters is 2. The third-order valence-electron chi connectivity index (χ3n) is 9.94. The molecule has 330 valence electrons. The first-order valence-corrected chi connectivity index (χ1v) is 20.0. The topological polar surface area (TPSA) is 220 Å². The molecule has 0 aliphatic carbocycles. The van der Waals surface area contributed by atoms with Crippen LogP contribution in [-0.2, 0) is 19.1 Å². The monoisotopic (exact) mass is 884 g/mol. The molecule has 0 atom stereocenters. The van der Waals surface area contributed by atoms with Crippen LogP contribution >= 0.6 is 0 Å². The fourth-order valence-corrected chi connectivity index (χ4v) is 6.37. The average molecular weight is 885 g/mol. The summed E-state index contributed by atoms with van der Waals surface area (Å²) in [6.45, 7) is 7.31. The van der Waals surface area contributed by atoms with Crippen LogP contribution < -0.4 is 21.3 Å². The van der Waals surface area contributed by atoms with Crippen molar-refractivity contribution in [3.8, 4) is 0 Å². The molecule has 0 aliphatic heterocycles. The quantitative estimate of drug-likeness (QED) is 0.0404. The van der Waals surface area contributed by atoms with Crippen molar-refractivity contribution in [1.82, 2.24) is 5.32 Å². The predicted octanol–water partition coefficient (Wildman–Crippen LogP) is 7.32.